The van der Waals surface area contributed by atoms with Gasteiger partial charge in [0.05, 0.1) is 22.2 Å². The minimum absolute atomic E-state index is 0.0180. The molecule has 0 aliphatic carbocycles. The number of amides is 3. The summed E-state index contributed by atoms with van der Waals surface area (Å²) in [4.78, 5) is 46.6. The fourth-order valence-corrected chi connectivity index (χ4v) is 5.44. The van der Waals surface area contributed by atoms with E-state index in [1.54, 1.807) is 35.6 Å². The number of carbonyl (C=O) groups excluding carboxylic acids is 3. The third-order valence-electron chi connectivity index (χ3n) is 6.85. The Labute approximate surface area is 232 Å². The maximum atomic E-state index is 13.7. The van der Waals surface area contributed by atoms with Gasteiger partial charge in [0.1, 0.15) is 12.1 Å². The number of anilines is 1. The smallest absolute Gasteiger partial charge is 0.251 e. The fourth-order valence-electron chi connectivity index (χ4n) is 4.63. The number of likely N-dealkylation sites (tertiary alicyclic amines) is 1. The second-order valence-electron chi connectivity index (χ2n) is 11.0. The lowest BCUT2D eigenvalue weighted by atomic mass is 9.85. The molecule has 1 aromatic heterocycles. The molecule has 1 fully saturated rings. The predicted octanol–water partition coefficient (Wildman–Crippen LogP) is 3.12. The number of β-amino-alcohol motifs (C(OH)–C–C–N with tert-alkyl or cyclic N) is 1. The molecule has 2 aromatic carbocycles. The number of nitrogens with one attached hydrogen (secondary N) is 2. The summed E-state index contributed by atoms with van der Waals surface area (Å²) < 4.78 is 0. The number of hydrogen-bond donors (Lipinski definition) is 4. The Kier molecular flexibility index (Phi) is 8.36. The van der Waals surface area contributed by atoms with Gasteiger partial charge in [0.2, 0.25) is 11.8 Å². The van der Waals surface area contributed by atoms with Crippen molar-refractivity contribution in [3.8, 4) is 10.4 Å². The minimum Gasteiger partial charge on any atom is -0.399 e. The van der Waals surface area contributed by atoms with Gasteiger partial charge in [-0.15, -0.1) is 11.3 Å². The Hall–Kier alpha value is -3.76. The number of rotatable bonds is 7. The van der Waals surface area contributed by atoms with E-state index in [9.17, 15) is 19.5 Å². The number of benzene rings is 2. The standard InChI is InChI=1S/C29H35N5O4S/c1-17-24(39-16-32-17)19-7-5-18(6-8-19)14-31-27(37)23-13-22(35)15-34(23)28(38)25(29(2,3)4)33-26(36)20-9-11-21(30)12-10-20/h5-12,16,22-23,25,35H,13-15,30H2,1-4H3,(H,31,37)(H,33,36)/t22-,23+,25-/m1/s1. The van der Waals surface area contributed by atoms with Gasteiger partial charge in [-0.3, -0.25) is 14.4 Å². The van der Waals surface area contributed by atoms with Crippen molar-refractivity contribution < 1.29 is 19.5 Å². The van der Waals surface area contributed by atoms with Gasteiger partial charge < -0.3 is 26.4 Å². The number of thiazole rings is 1. The fraction of sp³-hybridized carbons (Fsp3) is 0.379. The molecule has 10 heteroatoms. The molecule has 4 rings (SSSR count). The van der Waals surface area contributed by atoms with E-state index < -0.39 is 35.4 Å². The Morgan fingerprint density at radius 3 is 2.38 bits per heavy atom. The molecule has 0 saturated carbocycles. The predicted molar refractivity (Wildman–Crippen MR) is 152 cm³/mol. The number of aliphatic hydroxyl groups is 1. The van der Waals surface area contributed by atoms with E-state index in [1.165, 1.54) is 4.90 Å². The first kappa shape index (κ1) is 28.3. The van der Waals surface area contributed by atoms with E-state index in [2.05, 4.69) is 15.6 Å². The molecule has 0 unspecified atom stereocenters. The van der Waals surface area contributed by atoms with Crippen molar-refractivity contribution in [2.24, 2.45) is 5.41 Å². The van der Waals surface area contributed by atoms with Crippen molar-refractivity contribution in [1.82, 2.24) is 20.5 Å². The van der Waals surface area contributed by atoms with Crippen LogP contribution in [-0.4, -0.2) is 57.4 Å². The highest BCUT2D eigenvalue weighted by Crippen LogP contribution is 2.28. The SMILES string of the molecule is Cc1ncsc1-c1ccc(CNC(=O)[C@@H]2C[C@@H](O)CN2C(=O)[C@@H](NC(=O)c2ccc(N)cc2)C(C)(C)C)cc1. The number of hydrogen-bond acceptors (Lipinski definition) is 7. The molecule has 206 valence electrons. The first-order chi connectivity index (χ1) is 18.4. The molecule has 39 heavy (non-hydrogen) atoms. The third kappa shape index (κ3) is 6.63. The van der Waals surface area contributed by atoms with Crippen LogP contribution in [0.3, 0.4) is 0 Å². The van der Waals surface area contributed by atoms with Crippen molar-refractivity contribution >= 4 is 34.7 Å². The van der Waals surface area contributed by atoms with Crippen LogP contribution in [0.25, 0.3) is 10.4 Å². The first-order valence-electron chi connectivity index (χ1n) is 12.9. The topological polar surface area (TPSA) is 138 Å². The second kappa shape index (κ2) is 11.5. The van der Waals surface area contributed by atoms with E-state index in [0.717, 1.165) is 21.7 Å². The Morgan fingerprint density at radius 2 is 1.79 bits per heavy atom. The van der Waals surface area contributed by atoms with Gasteiger partial charge in [0, 0.05) is 30.8 Å². The zero-order valence-electron chi connectivity index (χ0n) is 22.6. The third-order valence-corrected chi connectivity index (χ3v) is 7.83. The van der Waals surface area contributed by atoms with Crippen molar-refractivity contribution in [3.63, 3.8) is 0 Å². The molecule has 5 N–H and O–H groups in total. The van der Waals surface area contributed by atoms with Gasteiger partial charge in [-0.05, 0) is 47.7 Å². The van der Waals surface area contributed by atoms with Crippen molar-refractivity contribution in [2.45, 2.75) is 58.8 Å². The van der Waals surface area contributed by atoms with Crippen LogP contribution in [0, 0.1) is 12.3 Å². The molecule has 0 spiro atoms. The van der Waals surface area contributed by atoms with Gasteiger partial charge in [-0.1, -0.05) is 45.0 Å². The van der Waals surface area contributed by atoms with E-state index in [4.69, 9.17) is 5.73 Å². The number of aliphatic hydroxyl groups excluding tert-OH is 1. The first-order valence-corrected chi connectivity index (χ1v) is 13.7. The lowest BCUT2D eigenvalue weighted by Crippen LogP contribution is -2.57. The van der Waals surface area contributed by atoms with Crippen LogP contribution < -0.4 is 16.4 Å². The molecule has 1 aliphatic rings. The monoisotopic (exact) mass is 549 g/mol. The average Bonchev–Trinajstić information content (AvgIpc) is 3.50. The van der Waals surface area contributed by atoms with Crippen molar-refractivity contribution in [2.75, 3.05) is 12.3 Å². The second-order valence-corrected chi connectivity index (χ2v) is 11.8. The van der Waals surface area contributed by atoms with Crippen LogP contribution in [0.4, 0.5) is 5.69 Å². The number of nitrogens with two attached hydrogens (primary N) is 1. The lowest BCUT2D eigenvalue weighted by Gasteiger charge is -2.35. The Morgan fingerprint density at radius 1 is 1.13 bits per heavy atom. The minimum atomic E-state index is -0.911. The number of aryl methyl sites for hydroxylation is 1. The normalized spacial score (nSPS) is 18.0. The molecule has 3 atom stereocenters. The molecule has 1 saturated heterocycles. The Balaban J connectivity index is 1.44. The zero-order valence-corrected chi connectivity index (χ0v) is 23.4. The molecule has 0 radical (unpaired) electrons. The summed E-state index contributed by atoms with van der Waals surface area (Å²) in [5.41, 5.74) is 10.7. The van der Waals surface area contributed by atoms with Gasteiger partial charge >= 0.3 is 0 Å². The molecule has 2 heterocycles. The maximum Gasteiger partial charge on any atom is 0.251 e. The van der Waals surface area contributed by atoms with E-state index in [1.807, 2.05) is 57.5 Å². The lowest BCUT2D eigenvalue weighted by molar-refractivity contribution is -0.142. The van der Waals surface area contributed by atoms with Crippen molar-refractivity contribution in [3.05, 3.63) is 70.9 Å². The van der Waals surface area contributed by atoms with Crippen molar-refractivity contribution in [1.29, 1.82) is 0 Å². The largest absolute Gasteiger partial charge is 0.399 e. The summed E-state index contributed by atoms with van der Waals surface area (Å²) >= 11 is 1.58. The number of aromatic nitrogens is 1. The summed E-state index contributed by atoms with van der Waals surface area (Å²) in [5, 5.41) is 16.1. The molecule has 3 aromatic rings. The summed E-state index contributed by atoms with van der Waals surface area (Å²) in [7, 11) is 0. The number of carbonyl (C=O) groups is 3. The van der Waals surface area contributed by atoms with Crippen LogP contribution in [-0.2, 0) is 16.1 Å². The summed E-state index contributed by atoms with van der Waals surface area (Å²) in [6, 6.07) is 12.6. The van der Waals surface area contributed by atoms with Gasteiger partial charge in [0.25, 0.3) is 5.91 Å². The van der Waals surface area contributed by atoms with Crippen LogP contribution >= 0.6 is 11.3 Å². The van der Waals surface area contributed by atoms with Crippen LogP contribution in [0.1, 0.15) is 48.8 Å². The summed E-state index contributed by atoms with van der Waals surface area (Å²) in [5.74, 6) is -1.17. The Bertz CT molecular complexity index is 1330. The van der Waals surface area contributed by atoms with Gasteiger partial charge in [0.15, 0.2) is 0 Å². The summed E-state index contributed by atoms with van der Waals surface area (Å²) in [6.45, 7) is 7.81. The zero-order chi connectivity index (χ0) is 28.3. The van der Waals surface area contributed by atoms with Gasteiger partial charge in [-0.2, -0.15) is 0 Å². The highest BCUT2D eigenvalue weighted by atomic mass is 32.1. The molecule has 0 bridgehead atoms. The highest BCUT2D eigenvalue weighted by Gasteiger charge is 2.44. The molecule has 9 nitrogen and oxygen atoms in total. The van der Waals surface area contributed by atoms with E-state index in [-0.39, 0.29) is 25.4 Å². The summed E-state index contributed by atoms with van der Waals surface area (Å²) in [6.07, 6.45) is -0.704. The quantitative estimate of drug-likeness (QED) is 0.334. The maximum absolute atomic E-state index is 13.7. The molecular formula is C29H35N5O4S. The molecular weight excluding hydrogens is 514 g/mol. The number of nitrogens with zero attached hydrogens (tertiary/aromatic N) is 2. The van der Waals surface area contributed by atoms with Crippen LogP contribution in [0.5, 0.6) is 0 Å². The van der Waals surface area contributed by atoms with Crippen LogP contribution in [0.15, 0.2) is 54.0 Å². The highest BCUT2D eigenvalue weighted by molar-refractivity contribution is 7.13. The molecule has 3 amide bonds. The van der Waals surface area contributed by atoms with E-state index >= 15 is 0 Å². The van der Waals surface area contributed by atoms with Gasteiger partial charge in [-0.25, -0.2) is 4.98 Å². The van der Waals surface area contributed by atoms with Crippen LogP contribution in [0.2, 0.25) is 0 Å². The number of nitrogen functional groups attached to an aromatic ring is 1. The van der Waals surface area contributed by atoms with E-state index in [0.29, 0.717) is 11.3 Å². The average molecular weight is 550 g/mol. The molecule has 1 aliphatic heterocycles.